The smallest absolute Gasteiger partial charge is 0.151 e. The molecule has 24 heavy (non-hydrogen) atoms. The highest BCUT2D eigenvalue weighted by molar-refractivity contribution is 6.15. The lowest BCUT2D eigenvalue weighted by Crippen LogP contribution is -2.19. The van der Waals surface area contributed by atoms with Crippen molar-refractivity contribution >= 4 is 11.6 Å². The SMILES string of the molecule is Cc1cc(C)c(C2C(=O)CC(Cc3ccccc3C)C2=O)c(C)c1. The molecule has 0 heterocycles. The van der Waals surface area contributed by atoms with E-state index >= 15 is 0 Å². The molecular formula is C22H24O2. The van der Waals surface area contributed by atoms with Crippen molar-refractivity contribution in [2.75, 3.05) is 0 Å². The zero-order valence-electron chi connectivity index (χ0n) is 14.8. The number of rotatable bonds is 3. The quantitative estimate of drug-likeness (QED) is 0.785. The van der Waals surface area contributed by atoms with Crippen LogP contribution in [0.15, 0.2) is 36.4 Å². The zero-order valence-corrected chi connectivity index (χ0v) is 14.8. The van der Waals surface area contributed by atoms with Gasteiger partial charge in [0.25, 0.3) is 0 Å². The van der Waals surface area contributed by atoms with Crippen molar-refractivity contribution in [1.29, 1.82) is 0 Å². The minimum absolute atomic E-state index is 0.0774. The van der Waals surface area contributed by atoms with Gasteiger partial charge in [-0.15, -0.1) is 0 Å². The van der Waals surface area contributed by atoms with Gasteiger partial charge in [-0.3, -0.25) is 9.59 Å². The first kappa shape index (κ1) is 16.6. The molecule has 0 amide bonds. The Morgan fingerprint density at radius 1 is 0.917 bits per heavy atom. The topological polar surface area (TPSA) is 34.1 Å². The highest BCUT2D eigenvalue weighted by Gasteiger charge is 2.43. The Morgan fingerprint density at radius 3 is 2.17 bits per heavy atom. The van der Waals surface area contributed by atoms with E-state index in [1.54, 1.807) is 0 Å². The largest absolute Gasteiger partial charge is 0.298 e. The van der Waals surface area contributed by atoms with Crippen molar-refractivity contribution in [2.24, 2.45) is 5.92 Å². The number of hydrogen-bond donors (Lipinski definition) is 0. The molecule has 2 aromatic rings. The standard InChI is InChI=1S/C22H24O2/c1-13-9-15(3)20(16(4)10-13)21-19(23)12-18(22(21)24)11-17-8-6-5-7-14(17)2/h5-10,18,21H,11-12H2,1-4H3. The lowest BCUT2D eigenvalue weighted by atomic mass is 9.85. The summed E-state index contributed by atoms with van der Waals surface area (Å²) in [6, 6.07) is 12.2. The molecule has 0 spiro atoms. The van der Waals surface area contributed by atoms with Crippen molar-refractivity contribution in [3.05, 3.63) is 69.8 Å². The van der Waals surface area contributed by atoms with Crippen molar-refractivity contribution < 1.29 is 9.59 Å². The van der Waals surface area contributed by atoms with Gasteiger partial charge in [0.15, 0.2) is 5.78 Å². The molecule has 124 valence electrons. The minimum atomic E-state index is -0.570. The molecule has 0 radical (unpaired) electrons. The van der Waals surface area contributed by atoms with Gasteiger partial charge >= 0.3 is 0 Å². The minimum Gasteiger partial charge on any atom is -0.298 e. The molecule has 1 saturated carbocycles. The van der Waals surface area contributed by atoms with E-state index in [-0.39, 0.29) is 17.5 Å². The van der Waals surface area contributed by atoms with Crippen LogP contribution in [-0.2, 0) is 16.0 Å². The van der Waals surface area contributed by atoms with Gasteiger partial charge in [-0.05, 0) is 61.9 Å². The maximum absolute atomic E-state index is 13.0. The summed E-state index contributed by atoms with van der Waals surface area (Å²) in [5.74, 6) is -0.588. The Hall–Kier alpha value is -2.22. The first-order valence-electron chi connectivity index (χ1n) is 8.57. The molecule has 3 rings (SSSR count). The maximum atomic E-state index is 13.0. The third kappa shape index (κ3) is 2.93. The molecule has 1 aliphatic carbocycles. The van der Waals surface area contributed by atoms with Crippen LogP contribution in [0.4, 0.5) is 0 Å². The molecular weight excluding hydrogens is 296 g/mol. The van der Waals surface area contributed by atoms with Gasteiger partial charge in [-0.1, -0.05) is 42.0 Å². The molecule has 2 nitrogen and oxygen atoms in total. The highest BCUT2D eigenvalue weighted by Crippen LogP contribution is 2.37. The fourth-order valence-electron chi connectivity index (χ4n) is 4.08. The summed E-state index contributed by atoms with van der Waals surface area (Å²) in [5, 5.41) is 0. The lowest BCUT2D eigenvalue weighted by Gasteiger charge is -2.16. The monoisotopic (exact) mass is 320 g/mol. The van der Waals surface area contributed by atoms with E-state index < -0.39 is 5.92 Å². The van der Waals surface area contributed by atoms with Gasteiger partial charge in [0.05, 0.1) is 0 Å². The summed E-state index contributed by atoms with van der Waals surface area (Å²) < 4.78 is 0. The molecule has 0 bridgehead atoms. The van der Waals surface area contributed by atoms with Crippen LogP contribution in [0.5, 0.6) is 0 Å². The molecule has 0 aromatic heterocycles. The van der Waals surface area contributed by atoms with Crippen molar-refractivity contribution in [1.82, 2.24) is 0 Å². The van der Waals surface area contributed by atoms with Gasteiger partial charge in [-0.25, -0.2) is 0 Å². The molecule has 2 heteroatoms. The fraction of sp³-hybridized carbons (Fsp3) is 0.364. The maximum Gasteiger partial charge on any atom is 0.151 e. The zero-order chi connectivity index (χ0) is 17.4. The third-order valence-corrected chi connectivity index (χ3v) is 5.21. The van der Waals surface area contributed by atoms with E-state index in [2.05, 4.69) is 31.2 Å². The Labute approximate surface area is 143 Å². The molecule has 2 atom stereocenters. The number of hydrogen-bond acceptors (Lipinski definition) is 2. The first-order valence-corrected chi connectivity index (χ1v) is 8.57. The van der Waals surface area contributed by atoms with E-state index in [1.807, 2.05) is 32.9 Å². The van der Waals surface area contributed by atoms with Gasteiger partial charge in [0.2, 0.25) is 0 Å². The van der Waals surface area contributed by atoms with E-state index in [0.29, 0.717) is 12.8 Å². The summed E-state index contributed by atoms with van der Waals surface area (Å²) in [6.07, 6.45) is 1.03. The predicted octanol–water partition coefficient (Wildman–Crippen LogP) is 4.40. The Bertz CT molecular complexity index is 793. The average molecular weight is 320 g/mol. The van der Waals surface area contributed by atoms with Crippen LogP contribution in [0, 0.1) is 33.6 Å². The van der Waals surface area contributed by atoms with Gasteiger partial charge in [0, 0.05) is 12.3 Å². The Balaban J connectivity index is 1.92. The number of ketones is 2. The van der Waals surface area contributed by atoms with E-state index in [4.69, 9.17) is 0 Å². The van der Waals surface area contributed by atoms with E-state index in [9.17, 15) is 9.59 Å². The van der Waals surface area contributed by atoms with Crippen LogP contribution in [0.2, 0.25) is 0 Å². The Kier molecular flexibility index (Phi) is 4.40. The second-order valence-corrected chi connectivity index (χ2v) is 7.15. The molecule has 0 N–H and O–H groups in total. The molecule has 2 unspecified atom stereocenters. The van der Waals surface area contributed by atoms with Gasteiger partial charge in [-0.2, -0.15) is 0 Å². The third-order valence-electron chi connectivity index (χ3n) is 5.21. The molecule has 0 saturated heterocycles. The predicted molar refractivity (Wildman–Crippen MR) is 96.4 cm³/mol. The van der Waals surface area contributed by atoms with Crippen LogP contribution in [-0.4, -0.2) is 11.6 Å². The average Bonchev–Trinajstić information content (AvgIpc) is 2.76. The fourth-order valence-corrected chi connectivity index (χ4v) is 4.08. The number of benzene rings is 2. The van der Waals surface area contributed by atoms with Crippen LogP contribution >= 0.6 is 0 Å². The molecule has 0 aliphatic heterocycles. The van der Waals surface area contributed by atoms with Gasteiger partial charge in [0.1, 0.15) is 11.7 Å². The molecule has 1 aliphatic rings. The van der Waals surface area contributed by atoms with Crippen LogP contribution in [0.1, 0.15) is 45.7 Å². The summed E-state index contributed by atoms with van der Waals surface area (Å²) in [7, 11) is 0. The van der Waals surface area contributed by atoms with E-state index in [1.165, 1.54) is 16.7 Å². The summed E-state index contributed by atoms with van der Waals surface area (Å²) in [6.45, 7) is 8.11. The van der Waals surface area contributed by atoms with E-state index in [0.717, 1.165) is 16.7 Å². The highest BCUT2D eigenvalue weighted by atomic mass is 16.2. The number of Topliss-reactive ketones (excluding diaryl/α,β-unsaturated/α-hetero) is 2. The van der Waals surface area contributed by atoms with Crippen molar-refractivity contribution in [3.63, 3.8) is 0 Å². The van der Waals surface area contributed by atoms with Crippen LogP contribution < -0.4 is 0 Å². The summed E-state index contributed by atoms with van der Waals surface area (Å²) >= 11 is 0. The Morgan fingerprint density at radius 2 is 1.54 bits per heavy atom. The van der Waals surface area contributed by atoms with Gasteiger partial charge < -0.3 is 0 Å². The summed E-state index contributed by atoms with van der Waals surface area (Å²) in [4.78, 5) is 25.6. The van der Waals surface area contributed by atoms with Crippen LogP contribution in [0.25, 0.3) is 0 Å². The number of carbonyl (C=O) groups excluding carboxylic acids is 2. The second-order valence-electron chi connectivity index (χ2n) is 7.15. The molecule has 2 aromatic carbocycles. The van der Waals surface area contributed by atoms with Crippen molar-refractivity contribution in [2.45, 2.75) is 46.5 Å². The lowest BCUT2D eigenvalue weighted by molar-refractivity contribution is -0.124. The second kappa shape index (κ2) is 6.35. The van der Waals surface area contributed by atoms with Crippen molar-refractivity contribution in [3.8, 4) is 0 Å². The summed E-state index contributed by atoms with van der Waals surface area (Å²) in [5.41, 5.74) is 6.56. The van der Waals surface area contributed by atoms with Crippen LogP contribution in [0.3, 0.4) is 0 Å². The first-order chi connectivity index (χ1) is 11.4. The normalized spacial score (nSPS) is 20.7. The number of carbonyl (C=O) groups is 2. The molecule has 1 fully saturated rings. The number of aryl methyl sites for hydroxylation is 4.